The van der Waals surface area contributed by atoms with Crippen LogP contribution in [0.15, 0.2) is 33.8 Å². The summed E-state index contributed by atoms with van der Waals surface area (Å²) < 4.78 is 26.3. The van der Waals surface area contributed by atoms with E-state index in [1.54, 1.807) is 7.05 Å². The molecule has 0 aliphatic rings. The summed E-state index contributed by atoms with van der Waals surface area (Å²) in [6, 6.07) is 3.85. The molecule has 0 aliphatic carbocycles. The smallest absolute Gasteiger partial charge is 0.335 e. The number of sulfone groups is 1. The number of carbonyl (C=O) groups is 1. The number of benzene rings is 1. The second-order valence-electron chi connectivity index (χ2n) is 4.09. The van der Waals surface area contributed by atoms with Gasteiger partial charge in [-0.3, -0.25) is 4.68 Å². The van der Waals surface area contributed by atoms with Gasteiger partial charge < -0.3 is 5.11 Å². The number of hydrogen-bond donors (Lipinski definition) is 1. The first-order chi connectivity index (χ1) is 9.29. The lowest BCUT2D eigenvalue weighted by molar-refractivity contribution is 0.0696. The van der Waals surface area contributed by atoms with E-state index < -0.39 is 15.8 Å². The van der Waals surface area contributed by atoms with Gasteiger partial charge in [0.25, 0.3) is 0 Å². The summed E-state index contributed by atoms with van der Waals surface area (Å²) in [4.78, 5) is 10.8. The van der Waals surface area contributed by atoms with Crippen molar-refractivity contribution in [2.45, 2.75) is 10.6 Å². The minimum Gasteiger partial charge on any atom is -0.478 e. The number of aryl methyl sites for hydroxylation is 1. The van der Waals surface area contributed by atoms with E-state index in [2.05, 4.69) is 26.2 Å². The van der Waals surface area contributed by atoms with Gasteiger partial charge in [-0.2, -0.15) is 0 Å². The molecule has 0 saturated carbocycles. The highest BCUT2D eigenvalue weighted by atomic mass is 79.9. The van der Waals surface area contributed by atoms with Crippen molar-refractivity contribution >= 4 is 31.7 Å². The fourth-order valence-electron chi connectivity index (χ4n) is 1.61. The summed E-state index contributed by atoms with van der Waals surface area (Å²) in [5.41, 5.74) is 0.200. The molecule has 2 aromatic rings. The number of aromatic nitrogens is 3. The molecule has 1 heterocycles. The molecule has 0 spiro atoms. The van der Waals surface area contributed by atoms with E-state index in [9.17, 15) is 13.2 Å². The Balaban J connectivity index is 2.43. The molecule has 106 valence electrons. The fourth-order valence-corrected chi connectivity index (χ4v) is 3.94. The number of carboxylic acid groups (broad SMARTS) is 1. The summed E-state index contributed by atoms with van der Waals surface area (Å²) in [5.74, 6) is -1.53. The van der Waals surface area contributed by atoms with Crippen molar-refractivity contribution in [1.29, 1.82) is 0 Å². The highest BCUT2D eigenvalue weighted by Crippen LogP contribution is 2.26. The molecule has 9 heteroatoms. The monoisotopic (exact) mass is 359 g/mol. The van der Waals surface area contributed by atoms with Crippen LogP contribution in [0.1, 0.15) is 16.1 Å². The van der Waals surface area contributed by atoms with Crippen LogP contribution in [0.4, 0.5) is 0 Å². The Bertz CT molecular complexity index is 770. The van der Waals surface area contributed by atoms with E-state index in [4.69, 9.17) is 5.11 Å². The van der Waals surface area contributed by atoms with E-state index in [0.29, 0.717) is 10.2 Å². The van der Waals surface area contributed by atoms with Gasteiger partial charge in [-0.15, -0.1) is 5.10 Å². The maximum absolute atomic E-state index is 12.3. The first-order valence-corrected chi connectivity index (χ1v) is 7.85. The maximum atomic E-state index is 12.3. The highest BCUT2D eigenvalue weighted by molar-refractivity contribution is 9.10. The summed E-state index contributed by atoms with van der Waals surface area (Å²) in [7, 11) is -2.08. The lowest BCUT2D eigenvalue weighted by atomic mass is 10.2. The van der Waals surface area contributed by atoms with Crippen LogP contribution in [0.3, 0.4) is 0 Å². The Labute approximate surface area is 123 Å². The molecule has 1 aromatic heterocycles. The number of halogens is 1. The number of aromatic carboxylic acids is 1. The van der Waals surface area contributed by atoms with Crippen LogP contribution in [-0.2, 0) is 22.6 Å². The van der Waals surface area contributed by atoms with Gasteiger partial charge in [0.2, 0.25) is 0 Å². The Hall–Kier alpha value is -1.74. The minimum atomic E-state index is -3.71. The molecule has 0 aliphatic heterocycles. The molecule has 2 rings (SSSR count). The van der Waals surface area contributed by atoms with Crippen LogP contribution in [0.5, 0.6) is 0 Å². The van der Waals surface area contributed by atoms with E-state index in [-0.39, 0.29) is 16.2 Å². The number of hydrogen-bond acceptors (Lipinski definition) is 5. The third-order valence-electron chi connectivity index (χ3n) is 2.50. The Morgan fingerprint density at radius 2 is 2.15 bits per heavy atom. The van der Waals surface area contributed by atoms with Crippen molar-refractivity contribution in [2.24, 2.45) is 7.05 Å². The average Bonchev–Trinajstić information content (AvgIpc) is 2.73. The average molecular weight is 360 g/mol. The van der Waals surface area contributed by atoms with Crippen LogP contribution >= 0.6 is 15.9 Å². The summed E-state index contributed by atoms with van der Waals surface area (Å²) >= 11 is 3.12. The van der Waals surface area contributed by atoms with Gasteiger partial charge in [-0.1, -0.05) is 5.21 Å². The lowest BCUT2D eigenvalue weighted by Gasteiger charge is -2.06. The first kappa shape index (κ1) is 14.7. The molecule has 0 radical (unpaired) electrons. The quantitative estimate of drug-likeness (QED) is 0.881. The first-order valence-electron chi connectivity index (χ1n) is 5.40. The van der Waals surface area contributed by atoms with Crippen LogP contribution in [0.2, 0.25) is 0 Å². The van der Waals surface area contributed by atoms with Crippen molar-refractivity contribution in [1.82, 2.24) is 15.0 Å². The molecular weight excluding hydrogens is 350 g/mol. The fraction of sp³-hybridized carbons (Fsp3) is 0.182. The predicted molar refractivity (Wildman–Crippen MR) is 73.0 cm³/mol. The summed E-state index contributed by atoms with van der Waals surface area (Å²) in [5, 5.41) is 16.3. The van der Waals surface area contributed by atoms with E-state index in [1.165, 1.54) is 23.0 Å². The molecule has 0 saturated heterocycles. The molecule has 1 N–H and O–H groups in total. The van der Waals surface area contributed by atoms with Gasteiger partial charge in [0, 0.05) is 17.7 Å². The molecule has 0 bridgehead atoms. The largest absolute Gasteiger partial charge is 0.478 e. The maximum Gasteiger partial charge on any atom is 0.335 e. The molecule has 0 atom stereocenters. The molecule has 20 heavy (non-hydrogen) atoms. The van der Waals surface area contributed by atoms with Crippen LogP contribution < -0.4 is 0 Å². The van der Waals surface area contributed by atoms with Crippen LogP contribution in [0, 0.1) is 0 Å². The van der Waals surface area contributed by atoms with Crippen molar-refractivity contribution in [3.8, 4) is 0 Å². The van der Waals surface area contributed by atoms with Crippen molar-refractivity contribution in [2.75, 3.05) is 0 Å². The van der Waals surface area contributed by atoms with Crippen LogP contribution in [-0.4, -0.2) is 34.5 Å². The van der Waals surface area contributed by atoms with Gasteiger partial charge in [0.15, 0.2) is 9.84 Å². The third kappa shape index (κ3) is 3.05. The van der Waals surface area contributed by atoms with Gasteiger partial charge >= 0.3 is 5.97 Å². The zero-order valence-electron chi connectivity index (χ0n) is 10.3. The van der Waals surface area contributed by atoms with E-state index in [1.807, 2.05) is 0 Å². The molecule has 0 amide bonds. The number of carboxylic acids is 1. The van der Waals surface area contributed by atoms with E-state index >= 15 is 0 Å². The molecule has 0 fully saturated rings. The predicted octanol–water partition coefficient (Wildman–Crippen LogP) is 1.25. The summed E-state index contributed by atoms with van der Waals surface area (Å²) in [6.45, 7) is 0. The topological polar surface area (TPSA) is 102 Å². The molecule has 0 unspecified atom stereocenters. The highest BCUT2D eigenvalue weighted by Gasteiger charge is 2.22. The number of nitrogens with zero attached hydrogens (tertiary/aromatic N) is 3. The zero-order valence-corrected chi connectivity index (χ0v) is 12.7. The minimum absolute atomic E-state index is 0.0805. The number of rotatable bonds is 4. The van der Waals surface area contributed by atoms with Gasteiger partial charge in [-0.25, -0.2) is 13.2 Å². The zero-order chi connectivity index (χ0) is 14.9. The van der Waals surface area contributed by atoms with Gasteiger partial charge in [-0.05, 0) is 34.1 Å². The third-order valence-corrected chi connectivity index (χ3v) is 5.14. The molecule has 1 aromatic carbocycles. The van der Waals surface area contributed by atoms with Gasteiger partial charge in [0.1, 0.15) is 5.75 Å². The standard InChI is InChI=1S/C11H10BrN3O4S/c1-15-5-8(13-14-15)6-20(18,19)10-4-7(11(16)17)2-3-9(10)12/h2-5H,6H2,1H3,(H,16,17). The lowest BCUT2D eigenvalue weighted by Crippen LogP contribution is -2.08. The SMILES string of the molecule is Cn1cc(CS(=O)(=O)c2cc(C(=O)O)ccc2Br)nn1. The normalized spacial score (nSPS) is 11.5. The summed E-state index contributed by atoms with van der Waals surface area (Å²) in [6.07, 6.45) is 1.49. The molecular formula is C11H10BrN3O4S. The van der Waals surface area contributed by atoms with Crippen molar-refractivity contribution < 1.29 is 18.3 Å². The Morgan fingerprint density at radius 1 is 1.45 bits per heavy atom. The van der Waals surface area contributed by atoms with Crippen molar-refractivity contribution in [3.05, 3.63) is 40.1 Å². The molecule has 7 nitrogen and oxygen atoms in total. The van der Waals surface area contributed by atoms with Gasteiger partial charge in [0.05, 0.1) is 16.2 Å². The second kappa shape index (κ2) is 5.33. The van der Waals surface area contributed by atoms with E-state index in [0.717, 1.165) is 6.07 Å². The Kier molecular flexibility index (Phi) is 3.91. The second-order valence-corrected chi connectivity index (χ2v) is 6.91. The Morgan fingerprint density at radius 3 is 2.70 bits per heavy atom. The van der Waals surface area contributed by atoms with Crippen LogP contribution in [0.25, 0.3) is 0 Å². The van der Waals surface area contributed by atoms with Crippen molar-refractivity contribution in [3.63, 3.8) is 0 Å².